The summed E-state index contributed by atoms with van der Waals surface area (Å²) in [6.45, 7) is 5.32. The van der Waals surface area contributed by atoms with E-state index < -0.39 is 0 Å². The molecule has 0 fully saturated rings. The molecule has 2 aromatic carbocycles. The molecule has 3 nitrogen and oxygen atoms in total. The predicted octanol–water partition coefficient (Wildman–Crippen LogP) is 4.59. The number of hydrogen-bond acceptors (Lipinski definition) is 3. The Kier molecular flexibility index (Phi) is 3.93. The van der Waals surface area contributed by atoms with Gasteiger partial charge in [0.15, 0.2) is 11.5 Å². The third-order valence-electron chi connectivity index (χ3n) is 3.62. The van der Waals surface area contributed by atoms with E-state index in [0.29, 0.717) is 13.2 Å². The maximum Gasteiger partial charge on any atom is 0.161 e. The number of rotatable bonds is 3. The van der Waals surface area contributed by atoms with Crippen molar-refractivity contribution in [2.24, 2.45) is 0 Å². The van der Waals surface area contributed by atoms with E-state index in [1.165, 1.54) is 0 Å². The van der Waals surface area contributed by atoms with Gasteiger partial charge in [0.2, 0.25) is 0 Å². The second kappa shape index (κ2) is 5.86. The number of nitrogens with one attached hydrogen (secondary N) is 1. The van der Waals surface area contributed by atoms with E-state index in [1.54, 1.807) is 0 Å². The zero-order valence-corrected chi connectivity index (χ0v) is 12.9. The molecule has 4 heteroatoms. The van der Waals surface area contributed by atoms with Gasteiger partial charge < -0.3 is 14.8 Å². The van der Waals surface area contributed by atoms with Gasteiger partial charge in [-0.3, -0.25) is 0 Å². The lowest BCUT2D eigenvalue weighted by molar-refractivity contribution is 0.171. The van der Waals surface area contributed by atoms with E-state index in [4.69, 9.17) is 21.1 Å². The van der Waals surface area contributed by atoms with Gasteiger partial charge in [0.25, 0.3) is 0 Å². The van der Waals surface area contributed by atoms with Crippen LogP contribution >= 0.6 is 11.6 Å². The minimum absolute atomic E-state index is 0.152. The van der Waals surface area contributed by atoms with E-state index in [0.717, 1.165) is 33.3 Å². The lowest BCUT2D eigenvalue weighted by Gasteiger charge is -2.21. The summed E-state index contributed by atoms with van der Waals surface area (Å²) < 4.78 is 11.2. The summed E-state index contributed by atoms with van der Waals surface area (Å²) in [5.41, 5.74) is 3.23. The molecule has 1 aliphatic rings. The fraction of sp³-hybridized carbons (Fsp3) is 0.294. The van der Waals surface area contributed by atoms with Crippen LogP contribution < -0.4 is 14.8 Å². The molecule has 0 bridgehead atoms. The van der Waals surface area contributed by atoms with Crippen molar-refractivity contribution in [3.05, 3.63) is 52.5 Å². The van der Waals surface area contributed by atoms with E-state index >= 15 is 0 Å². The molecule has 1 atom stereocenters. The third-order valence-corrected chi connectivity index (χ3v) is 4.03. The van der Waals surface area contributed by atoms with E-state index in [2.05, 4.69) is 18.3 Å². The Labute approximate surface area is 129 Å². The second-order valence-corrected chi connectivity index (χ2v) is 5.64. The zero-order chi connectivity index (χ0) is 14.8. The van der Waals surface area contributed by atoms with Gasteiger partial charge in [-0.15, -0.1) is 0 Å². The normalized spacial score (nSPS) is 14.6. The van der Waals surface area contributed by atoms with E-state index in [-0.39, 0.29) is 6.04 Å². The molecule has 0 radical (unpaired) electrons. The highest BCUT2D eigenvalue weighted by atomic mass is 35.5. The molecule has 0 saturated carbocycles. The maximum absolute atomic E-state index is 6.16. The van der Waals surface area contributed by atoms with Crippen molar-refractivity contribution in [3.8, 4) is 11.5 Å². The molecule has 1 unspecified atom stereocenters. The van der Waals surface area contributed by atoms with Gasteiger partial charge in [0.05, 0.1) is 0 Å². The molecule has 2 aromatic rings. The smallest absolute Gasteiger partial charge is 0.161 e. The van der Waals surface area contributed by atoms with Crippen molar-refractivity contribution >= 4 is 17.3 Å². The first-order chi connectivity index (χ1) is 10.1. The number of fused-ring (bicyclic) bond motifs is 1. The van der Waals surface area contributed by atoms with Crippen LogP contribution in [0.5, 0.6) is 11.5 Å². The summed E-state index contributed by atoms with van der Waals surface area (Å²) in [4.78, 5) is 0. The van der Waals surface area contributed by atoms with Crippen LogP contribution in [0.4, 0.5) is 5.69 Å². The molecular formula is C17H18ClNO2. The highest BCUT2D eigenvalue weighted by molar-refractivity contribution is 6.31. The van der Waals surface area contributed by atoms with Crippen molar-refractivity contribution < 1.29 is 9.47 Å². The molecule has 0 aliphatic carbocycles. The van der Waals surface area contributed by atoms with E-state index in [1.807, 2.05) is 37.3 Å². The summed E-state index contributed by atoms with van der Waals surface area (Å²) in [6.07, 6.45) is 0. The number of aryl methyl sites for hydroxylation is 1. The van der Waals surface area contributed by atoms with Crippen LogP contribution in [-0.2, 0) is 0 Å². The summed E-state index contributed by atoms with van der Waals surface area (Å²) in [5.74, 6) is 1.63. The molecule has 0 amide bonds. The van der Waals surface area contributed by atoms with Crippen molar-refractivity contribution in [2.45, 2.75) is 19.9 Å². The Morgan fingerprint density at radius 1 is 1.05 bits per heavy atom. The van der Waals surface area contributed by atoms with Crippen molar-refractivity contribution in [1.82, 2.24) is 0 Å². The molecule has 21 heavy (non-hydrogen) atoms. The van der Waals surface area contributed by atoms with Crippen LogP contribution in [0.25, 0.3) is 0 Å². The minimum Gasteiger partial charge on any atom is -0.486 e. The van der Waals surface area contributed by atoms with Crippen molar-refractivity contribution in [2.75, 3.05) is 18.5 Å². The van der Waals surface area contributed by atoms with Crippen LogP contribution in [0.1, 0.15) is 24.1 Å². The van der Waals surface area contributed by atoms with Crippen LogP contribution in [0.15, 0.2) is 36.4 Å². The highest BCUT2D eigenvalue weighted by Gasteiger charge is 2.14. The molecule has 3 rings (SSSR count). The van der Waals surface area contributed by atoms with Gasteiger partial charge in [0, 0.05) is 16.8 Å². The molecule has 1 N–H and O–H groups in total. The summed E-state index contributed by atoms with van der Waals surface area (Å²) >= 11 is 6.16. The molecule has 1 heterocycles. The number of hydrogen-bond donors (Lipinski definition) is 1. The van der Waals surface area contributed by atoms with Crippen LogP contribution in [0, 0.1) is 6.92 Å². The Morgan fingerprint density at radius 2 is 1.81 bits per heavy atom. The van der Waals surface area contributed by atoms with Gasteiger partial charge in [-0.1, -0.05) is 23.7 Å². The molecule has 0 spiro atoms. The molecule has 0 saturated heterocycles. The van der Waals surface area contributed by atoms with Gasteiger partial charge in [-0.05, 0) is 49.2 Å². The van der Waals surface area contributed by atoms with E-state index in [9.17, 15) is 0 Å². The zero-order valence-electron chi connectivity index (χ0n) is 12.2. The second-order valence-electron chi connectivity index (χ2n) is 5.23. The van der Waals surface area contributed by atoms with Gasteiger partial charge >= 0.3 is 0 Å². The van der Waals surface area contributed by atoms with Gasteiger partial charge in [-0.2, -0.15) is 0 Å². The Balaban J connectivity index is 1.78. The minimum atomic E-state index is 0.152. The van der Waals surface area contributed by atoms with Crippen molar-refractivity contribution in [1.29, 1.82) is 0 Å². The Morgan fingerprint density at radius 3 is 2.57 bits per heavy atom. The predicted molar refractivity (Wildman–Crippen MR) is 85.7 cm³/mol. The topological polar surface area (TPSA) is 30.5 Å². The molecule has 1 aliphatic heterocycles. The number of ether oxygens (including phenoxy) is 2. The number of halogens is 1. The standard InChI is InChI=1S/C17H18ClNO2/c1-11-3-5-14(10-15(11)18)19-12(2)13-4-6-16-17(9-13)21-8-7-20-16/h3-6,9-10,12,19H,7-8H2,1-2H3. The Hall–Kier alpha value is -1.87. The molecular weight excluding hydrogens is 286 g/mol. The molecule has 0 aromatic heterocycles. The number of benzene rings is 2. The summed E-state index contributed by atoms with van der Waals surface area (Å²) in [6, 6.07) is 12.2. The van der Waals surface area contributed by atoms with Gasteiger partial charge in [-0.25, -0.2) is 0 Å². The Bertz CT molecular complexity index is 657. The first kappa shape index (κ1) is 14.1. The SMILES string of the molecule is Cc1ccc(NC(C)c2ccc3c(c2)OCCO3)cc1Cl. The quantitative estimate of drug-likeness (QED) is 0.899. The first-order valence-electron chi connectivity index (χ1n) is 7.06. The summed E-state index contributed by atoms with van der Waals surface area (Å²) in [7, 11) is 0. The van der Waals surface area contributed by atoms with Crippen LogP contribution in [0.2, 0.25) is 5.02 Å². The van der Waals surface area contributed by atoms with Crippen molar-refractivity contribution in [3.63, 3.8) is 0 Å². The fourth-order valence-electron chi connectivity index (χ4n) is 2.35. The lowest BCUT2D eigenvalue weighted by atomic mass is 10.1. The number of anilines is 1. The fourth-order valence-corrected chi connectivity index (χ4v) is 2.53. The first-order valence-corrected chi connectivity index (χ1v) is 7.43. The third kappa shape index (κ3) is 3.08. The molecule has 110 valence electrons. The van der Waals surface area contributed by atoms with Crippen LogP contribution in [-0.4, -0.2) is 13.2 Å². The lowest BCUT2D eigenvalue weighted by Crippen LogP contribution is -2.16. The summed E-state index contributed by atoms with van der Waals surface area (Å²) in [5, 5.41) is 4.22. The highest BCUT2D eigenvalue weighted by Crippen LogP contribution is 2.33. The average Bonchev–Trinajstić information content (AvgIpc) is 2.50. The largest absolute Gasteiger partial charge is 0.486 e. The van der Waals surface area contributed by atoms with Crippen LogP contribution in [0.3, 0.4) is 0 Å². The monoisotopic (exact) mass is 303 g/mol. The maximum atomic E-state index is 6.16. The van der Waals surface area contributed by atoms with Gasteiger partial charge in [0.1, 0.15) is 13.2 Å². The average molecular weight is 304 g/mol.